The topological polar surface area (TPSA) is 300 Å². The van der Waals surface area contributed by atoms with Gasteiger partial charge in [0, 0.05) is 7.05 Å². The minimum atomic E-state index is -4.58. The number of nitrogens with one attached hydrogen (secondary N) is 2. The van der Waals surface area contributed by atoms with Gasteiger partial charge in [0.1, 0.15) is 54.1 Å². The van der Waals surface area contributed by atoms with Gasteiger partial charge in [0.25, 0.3) is 5.56 Å². The van der Waals surface area contributed by atoms with Crippen LogP contribution in [0.5, 0.6) is 0 Å². The van der Waals surface area contributed by atoms with E-state index in [1.54, 1.807) is 20.8 Å². The fraction of sp³-hybridized carbons (Fsp3) is 0.600. The van der Waals surface area contributed by atoms with Gasteiger partial charge in [0.2, 0.25) is 5.95 Å². The van der Waals surface area contributed by atoms with E-state index in [0.29, 0.717) is 0 Å². The summed E-state index contributed by atoms with van der Waals surface area (Å²) in [4.78, 5) is 62.2. The van der Waals surface area contributed by atoms with Gasteiger partial charge < -0.3 is 34.3 Å². The number of hydrogen-bond acceptors (Lipinski definition) is 20. The summed E-state index contributed by atoms with van der Waals surface area (Å²) < 4.78 is 98.4. The number of ether oxygens (including phenoxy) is 5. The number of H-pyrrole nitrogens is 1. The molecule has 4 aliphatic heterocycles. The zero-order valence-corrected chi connectivity index (χ0v) is 35.4. The second-order valence-electron chi connectivity index (χ2n) is 14.9. The van der Waals surface area contributed by atoms with Gasteiger partial charge in [0.05, 0.1) is 39.0 Å². The molecule has 4 fully saturated rings. The average Bonchev–Trinajstić information content (AvgIpc) is 3.98. The van der Waals surface area contributed by atoms with Crippen LogP contribution in [0.3, 0.4) is 0 Å². The predicted molar refractivity (Wildman–Crippen MR) is 208 cm³/mol. The van der Waals surface area contributed by atoms with E-state index in [-0.39, 0.29) is 47.9 Å². The number of amides is 2. The van der Waals surface area contributed by atoms with Crippen molar-refractivity contribution in [1.82, 2.24) is 43.9 Å². The van der Waals surface area contributed by atoms with Gasteiger partial charge in [-0.05, 0) is 20.8 Å². The van der Waals surface area contributed by atoms with E-state index in [1.807, 2.05) is 0 Å². The van der Waals surface area contributed by atoms with Crippen LogP contribution in [0, 0.1) is 0 Å². The number of nitrogens with zero attached hydrogens (tertiary/aromatic N) is 8. The van der Waals surface area contributed by atoms with Gasteiger partial charge >= 0.3 is 25.8 Å². The molecule has 4 saturated heterocycles. The molecule has 1 unspecified atom stereocenters. The summed E-state index contributed by atoms with van der Waals surface area (Å²) in [5.41, 5.74) is 2.81. The molecule has 8 heterocycles. The molecule has 4 aliphatic rings. The molecule has 4 aromatic rings. The molecule has 0 saturated carbocycles. The highest BCUT2D eigenvalue weighted by atomic mass is 32.7. The number of aromatic amines is 1. The maximum absolute atomic E-state index is 16.3. The zero-order valence-electron chi connectivity index (χ0n) is 31.8. The van der Waals surface area contributed by atoms with E-state index >= 15 is 4.39 Å². The van der Waals surface area contributed by atoms with Crippen LogP contribution in [0.2, 0.25) is 0 Å². The minimum absolute atomic E-state index is 0.0284. The maximum Gasteiger partial charge on any atom is 0.414 e. The van der Waals surface area contributed by atoms with Crippen LogP contribution in [-0.2, 0) is 50.9 Å². The summed E-state index contributed by atoms with van der Waals surface area (Å²) in [5, 5.41) is 2.27. The first-order chi connectivity index (χ1) is 28.2. The number of fused-ring (bicyclic) bond motifs is 4. The molecule has 4 bridgehead atoms. The quantitative estimate of drug-likeness (QED) is 0.137. The molecule has 0 radical (unpaired) electrons. The third-order valence-corrected chi connectivity index (χ3v) is 12.8. The van der Waals surface area contributed by atoms with Crippen molar-refractivity contribution in [3.05, 3.63) is 29.3 Å². The molecular formula is C30H38FN11O14P2S2. The highest BCUT2D eigenvalue weighted by Crippen LogP contribution is 2.63. The van der Waals surface area contributed by atoms with E-state index in [9.17, 15) is 23.5 Å². The van der Waals surface area contributed by atoms with Crippen LogP contribution < -0.4 is 16.6 Å². The molecule has 0 aromatic carbocycles. The predicted octanol–water partition coefficient (Wildman–Crippen LogP) is 2.75. The Hall–Kier alpha value is -3.95. The number of likely N-dealkylation sites (N-methyl/N-ethyl adjacent to an activating group) is 1. The molecule has 10 atom stereocenters. The van der Waals surface area contributed by atoms with Crippen LogP contribution in [0.15, 0.2) is 23.8 Å². The van der Waals surface area contributed by atoms with Crippen LogP contribution in [0.4, 0.5) is 25.7 Å². The number of thiol groups is 2. The molecule has 4 N–H and O–H groups in total. The molecule has 326 valence electrons. The highest BCUT2D eigenvalue weighted by molar-refractivity contribution is 8.44. The first-order valence-electron chi connectivity index (χ1n) is 17.9. The van der Waals surface area contributed by atoms with E-state index in [1.165, 1.54) is 29.2 Å². The lowest BCUT2D eigenvalue weighted by atomic mass is 10.0. The number of nitrogen functional groups attached to an aromatic ring is 1. The summed E-state index contributed by atoms with van der Waals surface area (Å²) in [6.07, 6.45) is -8.41. The largest absolute Gasteiger partial charge is 0.447 e. The molecule has 0 aliphatic carbocycles. The van der Waals surface area contributed by atoms with Gasteiger partial charge in [-0.1, -0.05) is 24.5 Å². The van der Waals surface area contributed by atoms with Crippen molar-refractivity contribution >= 4 is 84.4 Å². The van der Waals surface area contributed by atoms with Gasteiger partial charge in [-0.3, -0.25) is 42.3 Å². The Kier molecular flexibility index (Phi) is 11.2. The number of imidazole rings is 2. The lowest BCUT2D eigenvalue weighted by Gasteiger charge is -2.32. The second kappa shape index (κ2) is 15.7. The monoisotopic (exact) mass is 921 g/mol. The molecule has 25 nitrogen and oxygen atoms in total. The third kappa shape index (κ3) is 8.34. The summed E-state index contributed by atoms with van der Waals surface area (Å²) in [7, 11) is 1.45. The number of halogens is 1. The van der Waals surface area contributed by atoms with E-state index in [0.717, 1.165) is 10.9 Å². The number of rotatable bonds is 6. The number of anilines is 2. The second-order valence-corrected chi connectivity index (χ2v) is 20.7. The van der Waals surface area contributed by atoms with Gasteiger partial charge in [-0.15, -0.1) is 0 Å². The van der Waals surface area contributed by atoms with Crippen LogP contribution in [-0.4, -0.2) is 138 Å². The summed E-state index contributed by atoms with van der Waals surface area (Å²) in [6.45, 7) is -5.75. The summed E-state index contributed by atoms with van der Waals surface area (Å²) in [5.74, 6) is -0.307. The van der Waals surface area contributed by atoms with Crippen molar-refractivity contribution in [2.24, 2.45) is 0 Å². The Morgan fingerprint density at radius 2 is 1.77 bits per heavy atom. The van der Waals surface area contributed by atoms with E-state index in [4.69, 9.17) is 47.5 Å². The molecule has 2 amide bonds. The number of carbonyl (C=O) groups is 2. The van der Waals surface area contributed by atoms with E-state index in [2.05, 4.69) is 59.7 Å². The number of carbonyl (C=O) groups excluding carboxylic acids is 2. The average molecular weight is 922 g/mol. The Balaban J connectivity index is 1.02. The molecular weight excluding hydrogens is 883 g/mol. The lowest BCUT2D eigenvalue weighted by molar-refractivity contribution is -0.182. The summed E-state index contributed by atoms with van der Waals surface area (Å²) in [6, 6.07) is 0. The van der Waals surface area contributed by atoms with Crippen molar-refractivity contribution in [2.75, 3.05) is 51.1 Å². The first kappa shape index (κ1) is 42.7. The fourth-order valence-corrected chi connectivity index (χ4v) is 9.80. The number of nitrogens with two attached hydrogens (primary N) is 1. The zero-order chi connectivity index (χ0) is 42.9. The first-order valence-corrected chi connectivity index (χ1v) is 23.3. The number of hydrogen-bond donors (Lipinski definition) is 5. The van der Waals surface area contributed by atoms with Crippen LogP contribution >= 0.6 is 38.1 Å². The molecule has 0 spiro atoms. The highest BCUT2D eigenvalue weighted by Gasteiger charge is 2.66. The van der Waals surface area contributed by atoms with E-state index < -0.39 is 105 Å². The van der Waals surface area contributed by atoms with Crippen molar-refractivity contribution in [2.45, 2.75) is 75.0 Å². The van der Waals surface area contributed by atoms with Crippen molar-refractivity contribution in [1.29, 1.82) is 0 Å². The van der Waals surface area contributed by atoms with Gasteiger partial charge in [-0.25, -0.2) is 43.0 Å². The van der Waals surface area contributed by atoms with Gasteiger partial charge in [0.15, 0.2) is 41.3 Å². The molecule has 60 heavy (non-hydrogen) atoms. The Bertz CT molecular complexity index is 2490. The van der Waals surface area contributed by atoms with Crippen molar-refractivity contribution < 1.29 is 64.9 Å². The Morgan fingerprint density at radius 1 is 1.05 bits per heavy atom. The smallest absolute Gasteiger partial charge is 0.414 e. The minimum Gasteiger partial charge on any atom is -0.447 e. The molecule has 30 heteroatoms. The lowest BCUT2D eigenvalue weighted by Crippen LogP contribution is -2.45. The normalized spacial score (nSPS) is 33.1. The SMILES string of the molecule is CN(CCOC(=O)Nc1nc2c(ncn2[C@@H]2OC3CO[P@](=O)(S)O[C@H]4[C@H]5OC[C@]4(CO[P@](=O)(S)O[C@@H]2[C@@H]3F)O[C@H]5n2cnc3c(N)ncnc32)c(=O)[nH]1)C(=O)OC(C)(C)C. The van der Waals surface area contributed by atoms with Gasteiger partial charge in [-0.2, -0.15) is 4.98 Å². The number of aromatic nitrogens is 8. The number of alkyl halides is 1. The molecule has 4 aromatic heterocycles. The Labute approximate surface area is 347 Å². The van der Waals surface area contributed by atoms with Crippen molar-refractivity contribution in [3.8, 4) is 0 Å². The van der Waals surface area contributed by atoms with Crippen LogP contribution in [0.25, 0.3) is 22.3 Å². The molecule has 8 rings (SSSR count). The third-order valence-electron chi connectivity index (χ3n) is 9.57. The maximum atomic E-state index is 16.3. The summed E-state index contributed by atoms with van der Waals surface area (Å²) >= 11 is 8.30. The fourth-order valence-electron chi connectivity index (χ4n) is 6.82. The Morgan fingerprint density at radius 3 is 2.52 bits per heavy atom. The van der Waals surface area contributed by atoms with Crippen molar-refractivity contribution in [3.63, 3.8) is 0 Å². The standard InChI is InChI=1S/C30H38FN11O14P2S2/c1-29(2,3)54-28(45)40(4)5-6-48-27(44)39-26-37-22-16(23(43)38-26)36-12-42(22)24-17-14(31)13(52-24)7-50-57(46,59)56-19-18-25(41-11-35-15-20(32)33-10-34-21(15)41)53-30(19,8-49-18)9-51-58(47,60)55-17/h10-14,17-19,24-25H,5-9H2,1-4H3,(H,46,59)(H,47,60)(H2,32,33,34)(H2,37,38,39,43,44)/t13?,14-,17-,18-,19+,24-,25-,30-,57+,58+/m1/s1. The van der Waals surface area contributed by atoms with Crippen LogP contribution in [0.1, 0.15) is 33.2 Å².